The predicted molar refractivity (Wildman–Crippen MR) is 168 cm³/mol. The van der Waals surface area contributed by atoms with Crippen molar-refractivity contribution in [3.05, 3.63) is 60.7 Å². The van der Waals surface area contributed by atoms with Crippen LogP contribution in [0.3, 0.4) is 0 Å². The molecule has 0 aliphatic heterocycles. The van der Waals surface area contributed by atoms with Crippen LogP contribution in [0.4, 0.5) is 0 Å². The normalized spacial score (nSPS) is 16.4. The van der Waals surface area contributed by atoms with E-state index in [0.29, 0.717) is 0 Å². The van der Waals surface area contributed by atoms with Crippen LogP contribution in [0.2, 0.25) is 0 Å². The van der Waals surface area contributed by atoms with Crippen molar-refractivity contribution in [3.63, 3.8) is 0 Å². The van der Waals surface area contributed by atoms with E-state index in [9.17, 15) is 0 Å². The van der Waals surface area contributed by atoms with Gasteiger partial charge in [0.05, 0.1) is 0 Å². The molecule has 0 aromatic heterocycles. The summed E-state index contributed by atoms with van der Waals surface area (Å²) in [7, 11) is 0. The molecule has 0 saturated carbocycles. The standard InChI is InChI=1S/C28H49Cl2P3/c1-25(2,3)31(26(4,5)6,23-19-15-13-16-20-23)33(29,30)32(27(7,8)9,28(10,11)12)24-21-17-14-18-22-24/h13-22,31-33H,1-12H3. The molecule has 2 aromatic carbocycles. The molecule has 0 radical (unpaired) electrons. The fraction of sp³-hybridized carbons (Fsp3) is 0.571. The Bertz CT molecular complexity index is 820. The van der Waals surface area contributed by atoms with Gasteiger partial charge in [-0.1, -0.05) is 0 Å². The molecule has 0 bridgehead atoms. The molecule has 2 aromatic rings. The number of halogens is 2. The van der Waals surface area contributed by atoms with E-state index in [2.05, 4.69) is 144 Å². The number of rotatable bonds is 4. The Hall–Kier alpha value is 0.310. The molecular weight excluding hydrogens is 500 g/mol. The topological polar surface area (TPSA) is 0 Å². The van der Waals surface area contributed by atoms with E-state index in [1.165, 1.54) is 10.6 Å². The van der Waals surface area contributed by atoms with Gasteiger partial charge in [-0.15, -0.1) is 0 Å². The molecule has 5 heteroatoms. The van der Waals surface area contributed by atoms with Crippen LogP contribution in [-0.2, 0) is 0 Å². The summed E-state index contributed by atoms with van der Waals surface area (Å²) in [5, 5.41) is -0.313. The van der Waals surface area contributed by atoms with Crippen molar-refractivity contribution in [2.75, 3.05) is 0 Å². The van der Waals surface area contributed by atoms with E-state index in [0.717, 1.165) is 0 Å². The van der Waals surface area contributed by atoms with Gasteiger partial charge in [-0.25, -0.2) is 0 Å². The van der Waals surface area contributed by atoms with Gasteiger partial charge in [0.25, 0.3) is 0 Å². The Labute approximate surface area is 216 Å². The average Bonchev–Trinajstić information content (AvgIpc) is 2.58. The maximum absolute atomic E-state index is 8.42. The molecule has 0 nitrogen and oxygen atoms in total. The summed E-state index contributed by atoms with van der Waals surface area (Å²) in [5.41, 5.74) is 0. The zero-order chi connectivity index (χ0) is 25.7. The van der Waals surface area contributed by atoms with Gasteiger partial charge < -0.3 is 0 Å². The summed E-state index contributed by atoms with van der Waals surface area (Å²) in [5.74, 6) is 0. The summed E-state index contributed by atoms with van der Waals surface area (Å²) in [6.07, 6.45) is 0. The molecule has 0 aliphatic rings. The Morgan fingerprint density at radius 3 is 0.818 bits per heavy atom. The molecule has 0 unspecified atom stereocenters. The van der Waals surface area contributed by atoms with Crippen LogP contribution in [0, 0.1) is 0 Å². The van der Waals surface area contributed by atoms with Gasteiger partial charge >= 0.3 is 217 Å². The fourth-order valence-electron chi connectivity index (χ4n) is 7.89. The first-order valence-corrected chi connectivity index (χ1v) is 22.2. The van der Waals surface area contributed by atoms with Crippen molar-refractivity contribution in [3.8, 4) is 0 Å². The minimum atomic E-state index is -3.06. The van der Waals surface area contributed by atoms with Crippen molar-refractivity contribution in [2.24, 2.45) is 0 Å². The van der Waals surface area contributed by atoms with Crippen LogP contribution in [0.15, 0.2) is 60.7 Å². The van der Waals surface area contributed by atoms with E-state index in [4.69, 9.17) is 22.5 Å². The van der Waals surface area contributed by atoms with Crippen LogP contribution in [0.5, 0.6) is 0 Å². The first kappa shape index (κ1) is 29.5. The number of hydrogen-bond donors (Lipinski definition) is 0. The van der Waals surface area contributed by atoms with Crippen molar-refractivity contribution < 1.29 is 0 Å². The predicted octanol–water partition coefficient (Wildman–Crippen LogP) is 10.2. The second-order valence-corrected chi connectivity index (χ2v) is 43.4. The Kier molecular flexibility index (Phi) is 8.34. The molecule has 0 aliphatic carbocycles. The molecule has 2 rings (SSSR count). The van der Waals surface area contributed by atoms with Gasteiger partial charge in [-0.3, -0.25) is 0 Å². The van der Waals surface area contributed by atoms with Gasteiger partial charge in [0, 0.05) is 0 Å². The summed E-state index contributed by atoms with van der Waals surface area (Å²) < 4.78 is 0. The Morgan fingerprint density at radius 1 is 0.424 bits per heavy atom. The first-order chi connectivity index (χ1) is 14.7. The van der Waals surface area contributed by atoms with Crippen LogP contribution in [0.1, 0.15) is 83.1 Å². The van der Waals surface area contributed by atoms with Crippen LogP contribution >= 0.6 is 41.7 Å². The monoisotopic (exact) mass is 548 g/mol. The summed E-state index contributed by atoms with van der Waals surface area (Å²) in [6.45, 7) is 23.8. The van der Waals surface area contributed by atoms with E-state index in [1.54, 1.807) is 0 Å². The molecular formula is C28H49Cl2P3. The molecule has 190 valence electrons. The van der Waals surface area contributed by atoms with Crippen LogP contribution in [-0.4, -0.2) is 20.6 Å². The summed E-state index contributed by atoms with van der Waals surface area (Å²) in [4.78, 5) is 0. The quantitative estimate of drug-likeness (QED) is 0.333. The van der Waals surface area contributed by atoms with Gasteiger partial charge in [-0.05, 0) is 0 Å². The van der Waals surface area contributed by atoms with Gasteiger partial charge in [0.2, 0.25) is 0 Å². The third kappa shape index (κ3) is 4.38. The zero-order valence-electron chi connectivity index (χ0n) is 23.0. The van der Waals surface area contributed by atoms with Gasteiger partial charge in [0.15, 0.2) is 0 Å². The molecule has 0 atom stereocenters. The van der Waals surface area contributed by atoms with Crippen molar-refractivity contribution in [1.82, 2.24) is 0 Å². The second-order valence-electron chi connectivity index (χ2n) is 13.8. The molecule has 0 amide bonds. The molecule has 0 heterocycles. The van der Waals surface area contributed by atoms with Crippen molar-refractivity contribution >= 4 is 52.3 Å². The van der Waals surface area contributed by atoms with Gasteiger partial charge in [-0.2, -0.15) is 0 Å². The van der Waals surface area contributed by atoms with E-state index < -0.39 is 19.2 Å². The number of benzene rings is 2. The maximum atomic E-state index is 8.42. The molecule has 0 N–H and O–H groups in total. The SMILES string of the molecule is CC(C)(C)[PH](c1ccccc1)(C(C)(C)C)[PH](Cl)(Cl)[PH](c1ccccc1)(C(C)(C)C)C(C)(C)C. The van der Waals surface area contributed by atoms with E-state index in [-0.39, 0.29) is 20.6 Å². The van der Waals surface area contributed by atoms with Crippen molar-refractivity contribution in [2.45, 2.75) is 104 Å². The molecule has 0 spiro atoms. The van der Waals surface area contributed by atoms with Crippen LogP contribution in [0.25, 0.3) is 0 Å². The number of hydrogen-bond acceptors (Lipinski definition) is 0. The second kappa shape index (κ2) is 9.32. The third-order valence-corrected chi connectivity index (χ3v) is 54.5. The first-order valence-electron chi connectivity index (χ1n) is 12.2. The third-order valence-electron chi connectivity index (χ3n) is 7.86. The summed E-state index contributed by atoms with van der Waals surface area (Å²) >= 11 is 16.8. The zero-order valence-corrected chi connectivity index (χ0v) is 27.5. The van der Waals surface area contributed by atoms with Gasteiger partial charge in [0.1, 0.15) is 0 Å². The fourth-order valence-corrected chi connectivity index (χ4v) is 84.0. The summed E-state index contributed by atoms with van der Waals surface area (Å²) in [6, 6.07) is 22.3. The average molecular weight is 550 g/mol. The van der Waals surface area contributed by atoms with Crippen molar-refractivity contribution in [1.29, 1.82) is 0 Å². The molecule has 0 fully saturated rings. The molecule has 0 saturated heterocycles. The van der Waals surface area contributed by atoms with Crippen LogP contribution < -0.4 is 10.6 Å². The Morgan fingerprint density at radius 2 is 0.636 bits per heavy atom. The molecule has 33 heavy (non-hydrogen) atoms. The Balaban J connectivity index is 3.29. The minimum absolute atomic E-state index is 0.0220. The van der Waals surface area contributed by atoms with E-state index in [1.807, 2.05) is 0 Å². The van der Waals surface area contributed by atoms with E-state index >= 15 is 0 Å².